The third-order valence-electron chi connectivity index (χ3n) is 3.84. The second kappa shape index (κ2) is 5.40. The second-order valence-corrected chi connectivity index (χ2v) is 9.62. The van der Waals surface area contributed by atoms with Gasteiger partial charge in [-0.15, -0.1) is 11.3 Å². The van der Waals surface area contributed by atoms with Gasteiger partial charge in [-0.05, 0) is 54.2 Å². The number of sulfonamides is 1. The number of carbonyl (C=O) groups is 1. The largest absolute Gasteiger partial charge is 0.481 e. The van der Waals surface area contributed by atoms with Crippen molar-refractivity contribution in [2.75, 3.05) is 0 Å². The van der Waals surface area contributed by atoms with Crippen LogP contribution in [0.5, 0.6) is 0 Å². The zero-order valence-corrected chi connectivity index (χ0v) is 14.4. The maximum Gasteiger partial charge on any atom is 0.310 e. The van der Waals surface area contributed by atoms with Crippen LogP contribution in [0.2, 0.25) is 0 Å². The molecule has 2 rings (SSSR count). The monoisotopic (exact) mass is 381 g/mol. The number of hydrogen-bond donors (Lipinski definition) is 2. The van der Waals surface area contributed by atoms with Gasteiger partial charge in [0, 0.05) is 6.04 Å². The highest BCUT2D eigenvalue weighted by molar-refractivity contribution is 9.11. The fourth-order valence-electron chi connectivity index (χ4n) is 2.42. The Morgan fingerprint density at radius 1 is 1.60 bits per heavy atom. The third-order valence-corrected chi connectivity index (χ3v) is 7.93. The lowest BCUT2D eigenvalue weighted by Gasteiger charge is -2.27. The molecule has 5 nitrogen and oxygen atoms in total. The van der Waals surface area contributed by atoms with Crippen LogP contribution in [0.25, 0.3) is 0 Å². The fraction of sp³-hybridized carbons (Fsp3) is 0.583. The highest BCUT2D eigenvalue weighted by Gasteiger charge is 2.47. The van der Waals surface area contributed by atoms with Crippen LogP contribution in [0.1, 0.15) is 31.7 Å². The standard InChI is InChI=1S/C12H16BrNO4S2/c1-7-6-9(19-10(7)13)20(17,18)14-8-4-3-5-12(8,2)11(15)16/h6,8,14H,3-5H2,1-2H3,(H,15,16). The maximum atomic E-state index is 12.3. The molecule has 1 aliphatic carbocycles. The average molecular weight is 382 g/mol. The molecule has 1 saturated carbocycles. The zero-order valence-electron chi connectivity index (χ0n) is 11.1. The summed E-state index contributed by atoms with van der Waals surface area (Å²) in [6, 6.07) is 1.02. The number of carboxylic acid groups (broad SMARTS) is 1. The van der Waals surface area contributed by atoms with Crippen molar-refractivity contribution in [2.45, 2.75) is 43.4 Å². The predicted molar refractivity (Wildman–Crippen MR) is 80.5 cm³/mol. The molecular weight excluding hydrogens is 366 g/mol. The van der Waals surface area contributed by atoms with Crippen LogP contribution in [0, 0.1) is 12.3 Å². The molecule has 1 fully saturated rings. The van der Waals surface area contributed by atoms with Crippen LogP contribution >= 0.6 is 27.3 Å². The third kappa shape index (κ3) is 2.79. The number of hydrogen-bond acceptors (Lipinski definition) is 4. The number of thiophene rings is 1. The minimum absolute atomic E-state index is 0.210. The van der Waals surface area contributed by atoms with Gasteiger partial charge >= 0.3 is 5.97 Å². The van der Waals surface area contributed by atoms with Gasteiger partial charge in [0.15, 0.2) is 0 Å². The minimum Gasteiger partial charge on any atom is -0.481 e. The first kappa shape index (κ1) is 15.9. The molecule has 0 bridgehead atoms. The van der Waals surface area contributed by atoms with Gasteiger partial charge in [-0.1, -0.05) is 6.42 Å². The summed E-state index contributed by atoms with van der Waals surface area (Å²) in [4.78, 5) is 11.4. The van der Waals surface area contributed by atoms with Gasteiger partial charge < -0.3 is 5.11 Å². The number of aryl methyl sites for hydroxylation is 1. The van der Waals surface area contributed by atoms with Crippen LogP contribution in [0.3, 0.4) is 0 Å². The van der Waals surface area contributed by atoms with Crippen LogP contribution in [-0.2, 0) is 14.8 Å². The molecule has 1 aromatic heterocycles. The Labute approximate surface area is 130 Å². The molecule has 2 N–H and O–H groups in total. The Morgan fingerprint density at radius 3 is 2.75 bits per heavy atom. The van der Waals surface area contributed by atoms with Gasteiger partial charge in [-0.3, -0.25) is 4.79 Å². The molecule has 1 heterocycles. The summed E-state index contributed by atoms with van der Waals surface area (Å²) >= 11 is 4.43. The first-order chi connectivity index (χ1) is 9.17. The van der Waals surface area contributed by atoms with Crippen molar-refractivity contribution in [1.82, 2.24) is 4.72 Å². The van der Waals surface area contributed by atoms with Gasteiger partial charge in [0.1, 0.15) is 4.21 Å². The Morgan fingerprint density at radius 2 is 2.25 bits per heavy atom. The molecule has 20 heavy (non-hydrogen) atoms. The number of halogens is 1. The number of rotatable bonds is 4. The van der Waals surface area contributed by atoms with Crippen molar-refractivity contribution in [1.29, 1.82) is 0 Å². The number of aliphatic carboxylic acids is 1. The maximum absolute atomic E-state index is 12.3. The lowest BCUT2D eigenvalue weighted by Crippen LogP contribution is -2.46. The van der Waals surface area contributed by atoms with Gasteiger partial charge in [0.05, 0.1) is 9.20 Å². The van der Waals surface area contributed by atoms with E-state index in [1.807, 2.05) is 6.92 Å². The summed E-state index contributed by atoms with van der Waals surface area (Å²) in [6.45, 7) is 3.42. The summed E-state index contributed by atoms with van der Waals surface area (Å²) in [5.74, 6) is -0.953. The van der Waals surface area contributed by atoms with E-state index in [-0.39, 0.29) is 4.21 Å². The summed E-state index contributed by atoms with van der Waals surface area (Å²) < 4.78 is 28.2. The molecule has 0 saturated heterocycles. The van der Waals surface area contributed by atoms with Crippen molar-refractivity contribution in [3.63, 3.8) is 0 Å². The summed E-state index contributed by atoms with van der Waals surface area (Å²) in [7, 11) is -3.67. The van der Waals surface area contributed by atoms with E-state index >= 15 is 0 Å². The van der Waals surface area contributed by atoms with Crippen LogP contribution in [-0.4, -0.2) is 25.5 Å². The molecule has 1 aromatic rings. The molecule has 2 unspecified atom stereocenters. The smallest absolute Gasteiger partial charge is 0.310 e. The zero-order chi connectivity index (χ0) is 15.1. The molecule has 0 aromatic carbocycles. The van der Waals surface area contributed by atoms with E-state index in [4.69, 9.17) is 0 Å². The normalized spacial score (nSPS) is 26.9. The molecule has 2 atom stereocenters. The lowest BCUT2D eigenvalue weighted by molar-refractivity contribution is -0.148. The van der Waals surface area contributed by atoms with Gasteiger partial charge in [0.25, 0.3) is 0 Å². The van der Waals surface area contributed by atoms with E-state index in [1.54, 1.807) is 13.0 Å². The summed E-state index contributed by atoms with van der Waals surface area (Å²) in [5.41, 5.74) is -0.181. The highest BCUT2D eigenvalue weighted by atomic mass is 79.9. The predicted octanol–water partition coefficient (Wildman–Crippen LogP) is 2.74. The molecule has 0 amide bonds. The lowest BCUT2D eigenvalue weighted by atomic mass is 9.85. The molecule has 0 spiro atoms. The molecule has 8 heteroatoms. The van der Waals surface area contributed by atoms with Crippen molar-refractivity contribution < 1.29 is 18.3 Å². The Kier molecular flexibility index (Phi) is 4.30. The first-order valence-corrected chi connectivity index (χ1v) is 9.28. The van der Waals surface area contributed by atoms with Crippen molar-refractivity contribution >= 4 is 43.3 Å². The number of nitrogens with one attached hydrogen (secondary N) is 1. The highest BCUT2D eigenvalue weighted by Crippen LogP contribution is 2.39. The molecule has 1 aliphatic rings. The summed E-state index contributed by atoms with van der Waals surface area (Å²) in [5, 5.41) is 9.32. The minimum atomic E-state index is -3.67. The second-order valence-electron chi connectivity index (χ2n) is 5.31. The number of carboxylic acids is 1. The Bertz CT molecular complexity index is 620. The average Bonchev–Trinajstić information content (AvgIpc) is 2.86. The topological polar surface area (TPSA) is 83.5 Å². The molecular formula is C12H16BrNO4S2. The van der Waals surface area contributed by atoms with Crippen molar-refractivity contribution in [3.8, 4) is 0 Å². The van der Waals surface area contributed by atoms with E-state index in [9.17, 15) is 18.3 Å². The van der Waals surface area contributed by atoms with E-state index in [2.05, 4.69) is 20.7 Å². The Balaban J connectivity index is 2.27. The quantitative estimate of drug-likeness (QED) is 0.839. The van der Waals surface area contributed by atoms with Crippen molar-refractivity contribution in [2.24, 2.45) is 5.41 Å². The summed E-state index contributed by atoms with van der Waals surface area (Å²) in [6.07, 6.45) is 1.75. The molecule has 0 aliphatic heterocycles. The van der Waals surface area contributed by atoms with E-state index < -0.39 is 27.4 Å². The molecule has 0 radical (unpaired) electrons. The van der Waals surface area contributed by atoms with Gasteiger partial charge in [0.2, 0.25) is 10.0 Å². The van der Waals surface area contributed by atoms with E-state index in [0.29, 0.717) is 19.3 Å². The van der Waals surface area contributed by atoms with Crippen LogP contribution < -0.4 is 4.72 Å². The van der Waals surface area contributed by atoms with Crippen molar-refractivity contribution in [3.05, 3.63) is 15.4 Å². The fourth-order valence-corrected chi connectivity index (χ4v) is 6.05. The first-order valence-electron chi connectivity index (χ1n) is 6.18. The van der Waals surface area contributed by atoms with Crippen LogP contribution in [0.4, 0.5) is 0 Å². The van der Waals surface area contributed by atoms with Crippen LogP contribution in [0.15, 0.2) is 14.1 Å². The van der Waals surface area contributed by atoms with E-state index in [1.165, 1.54) is 0 Å². The van der Waals surface area contributed by atoms with Gasteiger partial charge in [-0.25, -0.2) is 13.1 Å². The van der Waals surface area contributed by atoms with Gasteiger partial charge in [-0.2, -0.15) is 0 Å². The Hall–Kier alpha value is -0.440. The molecule has 112 valence electrons. The van der Waals surface area contributed by atoms with E-state index in [0.717, 1.165) is 20.7 Å². The SMILES string of the molecule is Cc1cc(S(=O)(=O)NC2CCCC2(C)C(=O)O)sc1Br.